The summed E-state index contributed by atoms with van der Waals surface area (Å²) in [5.74, 6) is -8.36. The summed E-state index contributed by atoms with van der Waals surface area (Å²) in [6.07, 6.45) is -27.8. The number of methoxy groups -OCH3 is 1. The fourth-order valence-electron chi connectivity index (χ4n) is 10.6. The number of hydrogen-bond donors (Lipinski definition) is 1. The lowest BCUT2D eigenvalue weighted by molar-refractivity contribution is -0.262. The summed E-state index contributed by atoms with van der Waals surface area (Å²) < 4.78 is 94.9. The highest BCUT2D eigenvalue weighted by Gasteiger charge is 2.61. The number of benzene rings is 6. The Morgan fingerprint density at radius 2 is 0.545 bits per heavy atom. The molecule has 0 bridgehead atoms. The van der Waals surface area contributed by atoms with Crippen molar-refractivity contribution in [2.24, 2.45) is 16.2 Å². The van der Waals surface area contributed by atoms with Gasteiger partial charge < -0.3 is 76.2 Å². The van der Waals surface area contributed by atoms with Crippen molar-refractivity contribution in [3.63, 3.8) is 0 Å². The highest BCUT2D eigenvalue weighted by atomic mass is 16.8. The first-order valence-electron chi connectivity index (χ1n) is 32.7. The van der Waals surface area contributed by atoms with Crippen LogP contribution in [0.4, 0.5) is 0 Å². The second-order valence-electron chi connectivity index (χ2n) is 27.0. The third kappa shape index (κ3) is 19.6. The van der Waals surface area contributed by atoms with Crippen LogP contribution in [0.5, 0.6) is 0 Å². The van der Waals surface area contributed by atoms with E-state index in [9.17, 15) is 48.3 Å². The average Bonchev–Trinajstić information content (AvgIpc) is 1.63. The lowest BCUT2D eigenvalue weighted by Gasteiger charge is -2.32. The highest BCUT2D eigenvalue weighted by molar-refractivity contribution is 5.92. The van der Waals surface area contributed by atoms with Crippen molar-refractivity contribution in [3.8, 4) is 0 Å². The van der Waals surface area contributed by atoms with E-state index in [1.54, 1.807) is 172 Å². The summed E-state index contributed by atoms with van der Waals surface area (Å²) in [7, 11) is 1.23. The highest BCUT2D eigenvalue weighted by Crippen LogP contribution is 2.40. The number of ether oxygens (including phenoxy) is 15. The van der Waals surface area contributed by atoms with Crippen molar-refractivity contribution in [1.29, 1.82) is 0 Å². The second-order valence-corrected chi connectivity index (χ2v) is 27.0. The molecule has 15 unspecified atom stereocenters. The maximum absolute atomic E-state index is 14.9. The number of esters is 9. The molecule has 0 saturated carbocycles. The molecule has 25 nitrogen and oxygen atoms in total. The van der Waals surface area contributed by atoms with E-state index in [0.29, 0.717) is 0 Å². The number of aliphatic hydroxyl groups is 1. The number of carbonyl (C=O) groups excluding carboxylic acids is 9. The molecular weight excluding hydrogens is 1310 g/mol. The van der Waals surface area contributed by atoms with Crippen LogP contribution in [0, 0.1) is 16.2 Å². The number of rotatable bonds is 26. The first-order valence-corrected chi connectivity index (χ1v) is 32.7. The van der Waals surface area contributed by atoms with Gasteiger partial charge in [-0.15, -0.1) is 0 Å². The maximum Gasteiger partial charge on any atom is 0.338 e. The molecule has 9 rings (SSSR count). The van der Waals surface area contributed by atoms with E-state index in [1.807, 2.05) is 0 Å². The molecule has 15 atom stereocenters. The molecule has 0 amide bonds. The Bertz CT molecular complexity index is 3780. The molecule has 6 aromatic carbocycles. The van der Waals surface area contributed by atoms with Crippen LogP contribution in [0.1, 0.15) is 124 Å². The Labute approximate surface area is 583 Å². The van der Waals surface area contributed by atoms with Crippen molar-refractivity contribution in [1.82, 2.24) is 0 Å². The fourth-order valence-corrected chi connectivity index (χ4v) is 10.6. The third-order valence-electron chi connectivity index (χ3n) is 16.1. The molecular formula is C76H82O25. The summed E-state index contributed by atoms with van der Waals surface area (Å²) in [4.78, 5) is 128. The summed E-state index contributed by atoms with van der Waals surface area (Å²) in [6.45, 7) is 11.6. The molecule has 0 spiro atoms. The Morgan fingerprint density at radius 1 is 0.327 bits per heavy atom. The van der Waals surface area contributed by atoms with E-state index in [1.165, 1.54) is 79.9 Å². The van der Waals surface area contributed by atoms with Crippen molar-refractivity contribution < 1.29 is 119 Å². The minimum atomic E-state index is -2.09. The monoisotopic (exact) mass is 1390 g/mol. The third-order valence-corrected chi connectivity index (χ3v) is 16.1. The van der Waals surface area contributed by atoms with Gasteiger partial charge >= 0.3 is 53.7 Å². The van der Waals surface area contributed by atoms with Crippen LogP contribution < -0.4 is 0 Å². The van der Waals surface area contributed by atoms with Crippen LogP contribution in [0.15, 0.2) is 182 Å². The van der Waals surface area contributed by atoms with Gasteiger partial charge in [-0.3, -0.25) is 14.4 Å². The SMILES string of the molecule is COC1OC(C(COC(=O)C(C)(C)C)OC2OC(C(COC(=O)C(C)(C)C)OC3OC(C(O)COC(=O)C(C)(C)C)C(OC(=O)c4ccccc4)C3OC(=O)c3ccccc3)C(OC(=O)c3ccccc3)C2OC(=O)c2ccccc2)C(OC(=O)c2ccccc2)C1OC(=O)c1ccccc1. The molecule has 1 N–H and O–H groups in total. The maximum atomic E-state index is 14.9. The van der Waals surface area contributed by atoms with Gasteiger partial charge in [-0.2, -0.15) is 0 Å². The average molecular weight is 1400 g/mol. The predicted molar refractivity (Wildman–Crippen MR) is 354 cm³/mol. The summed E-state index contributed by atoms with van der Waals surface area (Å²) in [6, 6.07) is 46.0. The smallest absolute Gasteiger partial charge is 0.338 e. The Morgan fingerprint density at radius 3 is 0.802 bits per heavy atom. The van der Waals surface area contributed by atoms with Crippen LogP contribution in [0.3, 0.4) is 0 Å². The molecule has 3 aliphatic rings. The van der Waals surface area contributed by atoms with Gasteiger partial charge in [-0.1, -0.05) is 109 Å². The summed E-state index contributed by atoms with van der Waals surface area (Å²) >= 11 is 0. The van der Waals surface area contributed by atoms with Gasteiger partial charge in [0.1, 0.15) is 56.4 Å². The Hall–Kier alpha value is -9.73. The van der Waals surface area contributed by atoms with Gasteiger partial charge in [0.2, 0.25) is 0 Å². The van der Waals surface area contributed by atoms with Gasteiger partial charge in [0, 0.05) is 7.11 Å². The fraction of sp³-hybridized carbons (Fsp3) is 0.408. The molecule has 3 aliphatic heterocycles. The van der Waals surface area contributed by atoms with Gasteiger partial charge in [0.15, 0.2) is 55.5 Å². The molecule has 25 heteroatoms. The molecule has 3 saturated heterocycles. The van der Waals surface area contributed by atoms with Crippen LogP contribution >= 0.6 is 0 Å². The van der Waals surface area contributed by atoms with Gasteiger partial charge in [-0.25, -0.2) is 28.8 Å². The van der Waals surface area contributed by atoms with Crippen molar-refractivity contribution in [2.75, 3.05) is 26.9 Å². The van der Waals surface area contributed by atoms with E-state index in [2.05, 4.69) is 0 Å². The molecule has 6 aromatic rings. The molecule has 3 fully saturated rings. The van der Waals surface area contributed by atoms with Crippen LogP contribution in [-0.4, -0.2) is 178 Å². The lowest BCUT2D eigenvalue weighted by atomic mass is 9.97. The van der Waals surface area contributed by atoms with E-state index in [4.69, 9.17) is 71.1 Å². The normalized spacial score (nSPS) is 23.6. The van der Waals surface area contributed by atoms with Crippen molar-refractivity contribution in [2.45, 2.75) is 154 Å². The van der Waals surface area contributed by atoms with Crippen LogP contribution in [0.25, 0.3) is 0 Å². The number of aliphatic hydroxyl groups excluding tert-OH is 1. The molecule has 3 heterocycles. The van der Waals surface area contributed by atoms with E-state index in [-0.39, 0.29) is 33.4 Å². The predicted octanol–water partition coefficient (Wildman–Crippen LogP) is 9.06. The zero-order valence-electron chi connectivity index (χ0n) is 57.3. The van der Waals surface area contributed by atoms with E-state index < -0.39 is 182 Å². The van der Waals surface area contributed by atoms with E-state index >= 15 is 0 Å². The number of hydrogen-bond acceptors (Lipinski definition) is 25. The Kier molecular flexibility index (Phi) is 25.1. The first kappa shape index (κ1) is 75.5. The standard InChI is InChI=1S/C76H82O25/c1-74(2,3)71(84)88-41-50(77)53-56(93-62(78)44-29-17-11-18-30-44)60(97-66(82)48-37-25-15-26-38-48)69(99-53)91-52(43-90-73(86)76(7,8)9)55-58(95-64(80)46-33-21-13-22-34-46)61(98-67(83)49-39-27-16-28-40-49)70(101-55)92-51(42-89-72(85)75(4,5)6)54-57(94-63(79)45-31-19-12-20-32-45)59(68(87-10)100-54)96-65(81)47-35-23-14-24-36-47/h11-40,50-61,68-70,77H,41-43H2,1-10H3. The van der Waals surface area contributed by atoms with E-state index in [0.717, 1.165) is 0 Å². The van der Waals surface area contributed by atoms with Crippen molar-refractivity contribution in [3.05, 3.63) is 215 Å². The van der Waals surface area contributed by atoms with Crippen LogP contribution in [-0.2, 0) is 85.4 Å². The van der Waals surface area contributed by atoms with Crippen LogP contribution in [0.2, 0.25) is 0 Å². The Balaban J connectivity index is 1.21. The summed E-state index contributed by atoms with van der Waals surface area (Å²) in [5, 5.41) is 12.2. The molecule has 0 aromatic heterocycles. The molecule has 101 heavy (non-hydrogen) atoms. The topological polar surface area (TPSA) is 312 Å². The zero-order valence-corrected chi connectivity index (χ0v) is 57.3. The summed E-state index contributed by atoms with van der Waals surface area (Å²) in [5.41, 5.74) is -3.47. The van der Waals surface area contributed by atoms with Crippen molar-refractivity contribution >= 4 is 53.7 Å². The second kappa shape index (κ2) is 33.6. The molecule has 0 radical (unpaired) electrons. The quantitative estimate of drug-likeness (QED) is 0.0391. The van der Waals surface area contributed by atoms with Gasteiger partial charge in [0.25, 0.3) is 0 Å². The zero-order chi connectivity index (χ0) is 72.8. The minimum absolute atomic E-state index is 0.00514. The van der Waals surface area contributed by atoms with Gasteiger partial charge in [0.05, 0.1) is 49.6 Å². The first-order chi connectivity index (χ1) is 48.1. The largest absolute Gasteiger partial charge is 0.462 e. The number of carbonyl (C=O) groups is 9. The minimum Gasteiger partial charge on any atom is -0.462 e. The molecule has 0 aliphatic carbocycles. The molecule has 536 valence electrons. The lowest BCUT2D eigenvalue weighted by Crippen LogP contribution is -2.50. The van der Waals surface area contributed by atoms with Gasteiger partial charge in [-0.05, 0) is 135 Å².